The fourth-order valence-electron chi connectivity index (χ4n) is 3.91. The van der Waals surface area contributed by atoms with E-state index in [0.29, 0.717) is 23.8 Å². The molecule has 0 radical (unpaired) electrons. The van der Waals surface area contributed by atoms with Crippen molar-refractivity contribution in [2.75, 3.05) is 30.8 Å². The highest BCUT2D eigenvalue weighted by Crippen LogP contribution is 2.24. The normalized spacial score (nSPS) is 19.0. The Labute approximate surface area is 175 Å². The Bertz CT molecular complexity index is 918. The van der Waals surface area contributed by atoms with E-state index < -0.39 is 6.04 Å². The zero-order valence-electron chi connectivity index (χ0n) is 16.3. The zero-order valence-corrected chi connectivity index (χ0v) is 17.1. The first-order chi connectivity index (χ1) is 14.0. The van der Waals surface area contributed by atoms with Gasteiger partial charge in [0.05, 0.1) is 5.02 Å². The van der Waals surface area contributed by atoms with Gasteiger partial charge in [0.1, 0.15) is 11.9 Å². The molecule has 1 atom stereocenters. The van der Waals surface area contributed by atoms with Gasteiger partial charge in [-0.1, -0.05) is 17.7 Å². The van der Waals surface area contributed by atoms with Gasteiger partial charge in [-0.2, -0.15) is 0 Å². The molecule has 29 heavy (non-hydrogen) atoms. The van der Waals surface area contributed by atoms with Crippen LogP contribution in [0.4, 0.5) is 16.3 Å². The minimum Gasteiger partial charge on any atom is -0.324 e. The van der Waals surface area contributed by atoms with E-state index in [9.17, 15) is 9.59 Å². The fraction of sp³-hybridized carbons (Fsp3) is 0.381. The second-order valence-electron chi connectivity index (χ2n) is 7.60. The lowest BCUT2D eigenvalue weighted by Crippen LogP contribution is -2.45. The summed E-state index contributed by atoms with van der Waals surface area (Å²) in [6, 6.07) is 8.54. The van der Waals surface area contributed by atoms with Crippen molar-refractivity contribution < 1.29 is 9.59 Å². The Morgan fingerprint density at radius 3 is 2.79 bits per heavy atom. The van der Waals surface area contributed by atoms with Crippen molar-refractivity contribution in [1.82, 2.24) is 14.8 Å². The van der Waals surface area contributed by atoms with Gasteiger partial charge in [0.2, 0.25) is 5.91 Å². The first-order valence-electron chi connectivity index (χ1n) is 9.80. The number of nitrogens with one attached hydrogen (secondary N) is 2. The van der Waals surface area contributed by atoms with Crippen LogP contribution in [-0.2, 0) is 17.8 Å². The average molecular weight is 414 g/mol. The number of fused-ring (bicyclic) bond motifs is 1. The smallest absolute Gasteiger partial charge is 0.323 e. The molecule has 0 saturated carbocycles. The Hall–Kier alpha value is -2.64. The molecule has 152 valence electrons. The number of amides is 3. The molecule has 0 bridgehead atoms. The number of anilines is 2. The molecule has 2 aromatic rings. The number of hydrogen-bond acceptors (Lipinski definition) is 4. The van der Waals surface area contributed by atoms with Crippen LogP contribution in [0.5, 0.6) is 0 Å². The molecule has 7 nitrogen and oxygen atoms in total. The summed E-state index contributed by atoms with van der Waals surface area (Å²) in [7, 11) is 2.11. The summed E-state index contributed by atoms with van der Waals surface area (Å²) in [6.07, 6.45) is 3.87. The van der Waals surface area contributed by atoms with Crippen LogP contribution >= 0.6 is 11.6 Å². The van der Waals surface area contributed by atoms with Gasteiger partial charge in [-0.25, -0.2) is 9.78 Å². The Morgan fingerprint density at radius 1 is 1.14 bits per heavy atom. The minimum absolute atomic E-state index is 0.158. The third kappa shape index (κ3) is 4.52. The number of carbonyl (C=O) groups excluding carboxylic acids is 2. The van der Waals surface area contributed by atoms with Crippen LogP contribution in [0.25, 0.3) is 0 Å². The lowest BCUT2D eigenvalue weighted by atomic mass is 9.99. The van der Waals surface area contributed by atoms with E-state index >= 15 is 0 Å². The van der Waals surface area contributed by atoms with Crippen LogP contribution in [0.2, 0.25) is 5.02 Å². The quantitative estimate of drug-likeness (QED) is 0.808. The zero-order chi connectivity index (χ0) is 20.4. The second kappa shape index (κ2) is 8.39. The number of nitrogens with zero attached hydrogens (tertiary/aromatic N) is 3. The van der Waals surface area contributed by atoms with Crippen molar-refractivity contribution in [2.45, 2.75) is 31.8 Å². The minimum atomic E-state index is -0.496. The first-order valence-corrected chi connectivity index (χ1v) is 10.2. The number of likely N-dealkylation sites (N-methyl/N-ethyl adjacent to an activating group) is 1. The van der Waals surface area contributed by atoms with Gasteiger partial charge in [0.15, 0.2) is 0 Å². The number of urea groups is 1. The number of carbonyl (C=O) groups is 2. The summed E-state index contributed by atoms with van der Waals surface area (Å²) >= 11 is 5.83. The molecular formula is C21H24ClN5O2. The molecule has 3 amide bonds. The highest BCUT2D eigenvalue weighted by Gasteiger charge is 2.34. The van der Waals surface area contributed by atoms with Gasteiger partial charge < -0.3 is 15.1 Å². The van der Waals surface area contributed by atoms with Gasteiger partial charge in [0, 0.05) is 31.5 Å². The second-order valence-corrected chi connectivity index (χ2v) is 8.04. The van der Waals surface area contributed by atoms with Gasteiger partial charge in [-0.3, -0.25) is 10.1 Å². The summed E-state index contributed by atoms with van der Waals surface area (Å²) in [6.45, 7) is 2.48. The molecule has 2 aliphatic heterocycles. The lowest BCUT2D eigenvalue weighted by Gasteiger charge is -2.26. The van der Waals surface area contributed by atoms with E-state index in [1.54, 1.807) is 17.0 Å². The van der Waals surface area contributed by atoms with E-state index in [-0.39, 0.29) is 11.9 Å². The highest BCUT2D eigenvalue weighted by molar-refractivity contribution is 6.30. The van der Waals surface area contributed by atoms with Gasteiger partial charge >= 0.3 is 6.03 Å². The molecular weight excluding hydrogens is 390 g/mol. The molecule has 3 heterocycles. The standard InChI is InChI=1S/C21H24ClN5O2/c1-26-10-8-14-11-17(6-4-15(14)13-26)24-20(28)18-3-2-9-27(18)21(29)25-19-7-5-16(22)12-23-19/h4-7,11-12,18H,2-3,8-10,13H2,1H3,(H,24,28)(H,23,25,29). The van der Waals surface area contributed by atoms with Crippen LogP contribution in [0, 0.1) is 0 Å². The maximum absolute atomic E-state index is 12.9. The fourth-order valence-corrected chi connectivity index (χ4v) is 4.02. The Morgan fingerprint density at radius 2 is 2.00 bits per heavy atom. The number of hydrogen-bond donors (Lipinski definition) is 2. The van der Waals surface area contributed by atoms with Crippen molar-refractivity contribution >= 4 is 35.0 Å². The lowest BCUT2D eigenvalue weighted by molar-refractivity contribution is -0.119. The van der Waals surface area contributed by atoms with Crippen molar-refractivity contribution in [3.8, 4) is 0 Å². The Balaban J connectivity index is 1.41. The molecule has 0 aliphatic carbocycles. The van der Waals surface area contributed by atoms with E-state index in [2.05, 4.69) is 39.7 Å². The number of aromatic nitrogens is 1. The number of rotatable bonds is 3. The maximum atomic E-state index is 12.9. The first kappa shape index (κ1) is 19.7. The van der Waals surface area contributed by atoms with Gasteiger partial charge in [-0.05, 0) is 61.7 Å². The van der Waals surface area contributed by atoms with E-state index in [1.165, 1.54) is 17.3 Å². The summed E-state index contributed by atoms with van der Waals surface area (Å²) in [5.41, 5.74) is 3.36. The monoisotopic (exact) mass is 413 g/mol. The maximum Gasteiger partial charge on any atom is 0.323 e. The molecule has 1 unspecified atom stereocenters. The molecule has 1 fully saturated rings. The summed E-state index contributed by atoms with van der Waals surface area (Å²) in [5.74, 6) is 0.250. The van der Waals surface area contributed by atoms with Gasteiger partial charge in [-0.15, -0.1) is 0 Å². The van der Waals surface area contributed by atoms with E-state index in [0.717, 1.165) is 31.6 Å². The van der Waals surface area contributed by atoms with E-state index in [4.69, 9.17) is 11.6 Å². The van der Waals surface area contributed by atoms with Crippen molar-refractivity contribution in [3.63, 3.8) is 0 Å². The van der Waals surface area contributed by atoms with Crippen LogP contribution in [0.15, 0.2) is 36.5 Å². The SMILES string of the molecule is CN1CCc2cc(NC(=O)C3CCCN3C(=O)Nc3ccc(Cl)cn3)ccc2C1. The molecule has 1 saturated heterocycles. The summed E-state index contributed by atoms with van der Waals surface area (Å²) in [4.78, 5) is 33.4. The topological polar surface area (TPSA) is 77.6 Å². The molecule has 2 N–H and O–H groups in total. The predicted octanol–water partition coefficient (Wildman–Crippen LogP) is 3.36. The average Bonchev–Trinajstić information content (AvgIpc) is 3.20. The number of likely N-dealkylation sites (tertiary alicyclic amines) is 1. The number of pyridine rings is 1. The van der Waals surface area contributed by atoms with Crippen LogP contribution in [0.3, 0.4) is 0 Å². The van der Waals surface area contributed by atoms with Crippen LogP contribution in [-0.4, -0.2) is 52.9 Å². The molecule has 2 aliphatic rings. The predicted molar refractivity (Wildman–Crippen MR) is 113 cm³/mol. The number of benzene rings is 1. The molecule has 0 spiro atoms. The number of halogens is 1. The summed E-state index contributed by atoms with van der Waals surface area (Å²) < 4.78 is 0. The van der Waals surface area contributed by atoms with Crippen LogP contribution < -0.4 is 10.6 Å². The third-order valence-corrected chi connectivity index (χ3v) is 5.68. The molecule has 1 aromatic heterocycles. The molecule has 1 aromatic carbocycles. The van der Waals surface area contributed by atoms with Crippen molar-refractivity contribution in [3.05, 3.63) is 52.7 Å². The highest BCUT2D eigenvalue weighted by atomic mass is 35.5. The molecule has 8 heteroatoms. The molecule has 4 rings (SSSR count). The van der Waals surface area contributed by atoms with Gasteiger partial charge in [0.25, 0.3) is 0 Å². The van der Waals surface area contributed by atoms with E-state index in [1.807, 2.05) is 6.07 Å². The summed E-state index contributed by atoms with van der Waals surface area (Å²) in [5, 5.41) is 6.23. The Kier molecular flexibility index (Phi) is 5.69. The van der Waals surface area contributed by atoms with Crippen molar-refractivity contribution in [2.24, 2.45) is 0 Å². The van der Waals surface area contributed by atoms with Crippen LogP contribution in [0.1, 0.15) is 24.0 Å². The third-order valence-electron chi connectivity index (χ3n) is 5.46. The van der Waals surface area contributed by atoms with Crippen molar-refractivity contribution in [1.29, 1.82) is 0 Å². The largest absolute Gasteiger partial charge is 0.324 e.